The Morgan fingerprint density at radius 2 is 1.68 bits per heavy atom. The van der Waals surface area contributed by atoms with Crippen LogP contribution in [-0.4, -0.2) is 56.8 Å². The topological polar surface area (TPSA) is 83.4 Å². The maximum absolute atomic E-state index is 14.1. The van der Waals surface area contributed by atoms with Crippen molar-refractivity contribution in [3.05, 3.63) is 94.9 Å². The van der Waals surface area contributed by atoms with E-state index in [2.05, 4.69) is 15.4 Å². The fourth-order valence-corrected chi connectivity index (χ4v) is 5.56. The molecule has 1 spiro atoms. The Labute approximate surface area is 236 Å². The number of carbonyl (C=O) groups excluding carboxylic acids is 2. The van der Waals surface area contributed by atoms with Crippen molar-refractivity contribution in [3.63, 3.8) is 0 Å². The number of hydrogen-bond donors (Lipinski definition) is 1. The highest BCUT2D eigenvalue weighted by molar-refractivity contribution is 6.31. The van der Waals surface area contributed by atoms with E-state index in [0.29, 0.717) is 16.9 Å². The average Bonchev–Trinajstić information content (AvgIpc) is 3.56. The van der Waals surface area contributed by atoms with Crippen molar-refractivity contribution in [3.8, 4) is 16.9 Å². The molecule has 2 aliphatic rings. The molecule has 0 atom stereocenters. The lowest BCUT2D eigenvalue weighted by Crippen LogP contribution is -2.57. The van der Waals surface area contributed by atoms with E-state index < -0.39 is 34.7 Å². The maximum atomic E-state index is 14.1. The fraction of sp³-hybridized carbons (Fsp3) is 0.214. The van der Waals surface area contributed by atoms with Gasteiger partial charge in [0.25, 0.3) is 5.91 Å². The lowest BCUT2D eigenvalue weighted by molar-refractivity contribution is -0.124. The molecular weight excluding hydrogens is 564 g/mol. The van der Waals surface area contributed by atoms with Crippen LogP contribution >= 0.6 is 11.6 Å². The first-order chi connectivity index (χ1) is 19.7. The smallest absolute Gasteiger partial charge is 0.274 e. The van der Waals surface area contributed by atoms with Crippen LogP contribution in [0.2, 0.25) is 5.02 Å². The zero-order valence-electron chi connectivity index (χ0n) is 21.3. The third kappa shape index (κ3) is 4.57. The number of likely N-dealkylation sites (tertiary alicyclic amines) is 1. The summed E-state index contributed by atoms with van der Waals surface area (Å²) in [5, 5.41) is 7.10. The molecule has 0 aliphatic carbocycles. The van der Waals surface area contributed by atoms with Gasteiger partial charge < -0.3 is 15.1 Å². The van der Waals surface area contributed by atoms with Gasteiger partial charge in [-0.3, -0.25) is 14.6 Å². The SMILES string of the molecule is O=C(c1cc(-c2cccnc2)n(-c2cc(F)c(F)c(F)c2)n1)N1CCC2(CC1)C(=O)NCN2c1ccc(F)c(Cl)c1. The maximum Gasteiger partial charge on any atom is 0.274 e. The second kappa shape index (κ2) is 10.2. The molecule has 2 aromatic carbocycles. The largest absolute Gasteiger partial charge is 0.339 e. The first-order valence-electron chi connectivity index (χ1n) is 12.6. The summed E-state index contributed by atoms with van der Waals surface area (Å²) in [6, 6.07) is 10.6. The summed E-state index contributed by atoms with van der Waals surface area (Å²) in [4.78, 5) is 34.0. The Bertz CT molecular complexity index is 1650. The Hall–Kier alpha value is -4.45. The van der Waals surface area contributed by atoms with Gasteiger partial charge in [0.2, 0.25) is 5.91 Å². The molecule has 41 heavy (non-hydrogen) atoms. The standard InChI is InChI=1S/C28H21ClF4N6O2/c29-19-10-17(3-4-20(19)30)38-15-35-27(41)28(38)5-8-37(9-6-28)26(40)23-13-24(16-2-1-7-34-14-16)39(36-23)18-11-21(31)25(33)22(32)12-18/h1-4,7,10-14H,5-6,8-9,15H2,(H,35,41). The van der Waals surface area contributed by atoms with E-state index in [0.717, 1.165) is 16.8 Å². The van der Waals surface area contributed by atoms with Crippen molar-refractivity contribution in [2.75, 3.05) is 24.7 Å². The number of piperidine rings is 1. The number of rotatable bonds is 4. The summed E-state index contributed by atoms with van der Waals surface area (Å²) >= 11 is 5.98. The van der Waals surface area contributed by atoms with Crippen LogP contribution in [0.1, 0.15) is 23.3 Å². The number of hydrogen-bond acceptors (Lipinski definition) is 5. The van der Waals surface area contributed by atoms with Crippen LogP contribution in [0, 0.1) is 23.3 Å². The van der Waals surface area contributed by atoms with Crippen LogP contribution < -0.4 is 10.2 Å². The second-order valence-electron chi connectivity index (χ2n) is 9.81. The number of benzene rings is 2. The molecule has 4 heterocycles. The number of aromatic nitrogens is 3. The first kappa shape index (κ1) is 26.8. The molecule has 0 saturated carbocycles. The van der Waals surface area contributed by atoms with Crippen molar-refractivity contribution in [1.29, 1.82) is 0 Å². The molecule has 4 aromatic rings. The van der Waals surface area contributed by atoms with Gasteiger partial charge in [-0.25, -0.2) is 22.2 Å². The molecule has 13 heteroatoms. The number of carbonyl (C=O) groups is 2. The highest BCUT2D eigenvalue weighted by Gasteiger charge is 2.51. The summed E-state index contributed by atoms with van der Waals surface area (Å²) in [6.07, 6.45) is 3.60. The molecule has 0 radical (unpaired) electrons. The zero-order chi connectivity index (χ0) is 28.9. The van der Waals surface area contributed by atoms with Crippen molar-refractivity contribution in [2.45, 2.75) is 18.4 Å². The molecular formula is C28H21ClF4N6O2. The van der Waals surface area contributed by atoms with Crippen molar-refractivity contribution >= 4 is 29.1 Å². The van der Waals surface area contributed by atoms with Crippen molar-refractivity contribution < 1.29 is 27.2 Å². The zero-order valence-corrected chi connectivity index (χ0v) is 22.0. The van der Waals surface area contributed by atoms with Gasteiger partial charge in [0, 0.05) is 48.9 Å². The quantitative estimate of drug-likeness (QED) is 0.277. The van der Waals surface area contributed by atoms with E-state index in [1.807, 2.05) is 4.90 Å². The molecule has 6 rings (SSSR count). The number of anilines is 1. The minimum absolute atomic E-state index is 0.0111. The van der Waals surface area contributed by atoms with Crippen molar-refractivity contribution in [1.82, 2.24) is 25.0 Å². The van der Waals surface area contributed by atoms with E-state index in [1.165, 1.54) is 29.3 Å². The minimum atomic E-state index is -1.62. The average molecular weight is 585 g/mol. The van der Waals surface area contributed by atoms with Gasteiger partial charge in [-0.05, 0) is 49.2 Å². The molecule has 2 aromatic heterocycles. The predicted octanol–water partition coefficient (Wildman–Crippen LogP) is 4.71. The number of amides is 2. The van der Waals surface area contributed by atoms with Gasteiger partial charge >= 0.3 is 0 Å². The molecule has 2 aliphatic heterocycles. The number of nitrogens with one attached hydrogen (secondary N) is 1. The van der Waals surface area contributed by atoms with Gasteiger partial charge in [0.05, 0.1) is 23.1 Å². The summed E-state index contributed by atoms with van der Waals surface area (Å²) in [5.41, 5.74) is 0.318. The molecule has 0 unspecified atom stereocenters. The highest BCUT2D eigenvalue weighted by atomic mass is 35.5. The fourth-order valence-electron chi connectivity index (χ4n) is 5.39. The summed E-state index contributed by atoms with van der Waals surface area (Å²) in [5.74, 6) is -5.64. The van der Waals surface area contributed by atoms with E-state index in [1.54, 1.807) is 24.4 Å². The van der Waals surface area contributed by atoms with Crippen LogP contribution in [0.5, 0.6) is 0 Å². The molecule has 210 valence electrons. The number of pyridine rings is 1. The van der Waals surface area contributed by atoms with Crippen LogP contribution in [0.4, 0.5) is 23.2 Å². The second-order valence-corrected chi connectivity index (χ2v) is 10.2. The van der Waals surface area contributed by atoms with E-state index in [9.17, 15) is 27.2 Å². The van der Waals surface area contributed by atoms with Gasteiger partial charge in [0.1, 0.15) is 11.4 Å². The number of nitrogens with zero attached hydrogens (tertiary/aromatic N) is 5. The lowest BCUT2D eigenvalue weighted by Gasteiger charge is -2.43. The Morgan fingerprint density at radius 1 is 0.951 bits per heavy atom. The molecule has 2 fully saturated rings. The summed E-state index contributed by atoms with van der Waals surface area (Å²) < 4.78 is 56.7. The van der Waals surface area contributed by atoms with Gasteiger partial charge in [-0.15, -0.1) is 0 Å². The normalized spacial score (nSPS) is 16.4. The van der Waals surface area contributed by atoms with Crippen LogP contribution in [0.25, 0.3) is 16.9 Å². The lowest BCUT2D eigenvalue weighted by atomic mass is 9.85. The Kier molecular flexibility index (Phi) is 6.65. The summed E-state index contributed by atoms with van der Waals surface area (Å²) in [6.45, 7) is 0.609. The third-order valence-electron chi connectivity index (χ3n) is 7.53. The highest BCUT2D eigenvalue weighted by Crippen LogP contribution is 2.38. The molecule has 2 amide bonds. The van der Waals surface area contributed by atoms with Crippen LogP contribution in [0.3, 0.4) is 0 Å². The molecule has 2 saturated heterocycles. The Balaban J connectivity index is 1.29. The molecule has 8 nitrogen and oxygen atoms in total. The van der Waals surface area contributed by atoms with E-state index in [-0.39, 0.29) is 54.9 Å². The van der Waals surface area contributed by atoms with Crippen molar-refractivity contribution in [2.24, 2.45) is 0 Å². The number of halogens is 5. The van der Waals surface area contributed by atoms with Gasteiger partial charge in [-0.1, -0.05) is 11.6 Å². The molecule has 0 bridgehead atoms. The minimum Gasteiger partial charge on any atom is -0.339 e. The van der Waals surface area contributed by atoms with Crippen LogP contribution in [-0.2, 0) is 4.79 Å². The van der Waals surface area contributed by atoms with Crippen LogP contribution in [0.15, 0.2) is 60.9 Å². The van der Waals surface area contributed by atoms with E-state index in [4.69, 9.17) is 11.6 Å². The van der Waals surface area contributed by atoms with E-state index >= 15 is 0 Å². The third-order valence-corrected chi connectivity index (χ3v) is 7.82. The summed E-state index contributed by atoms with van der Waals surface area (Å²) in [7, 11) is 0. The molecule has 1 N–H and O–H groups in total. The predicted molar refractivity (Wildman–Crippen MR) is 141 cm³/mol. The Morgan fingerprint density at radius 3 is 2.34 bits per heavy atom. The van der Waals surface area contributed by atoms with Gasteiger partial charge in [-0.2, -0.15) is 5.10 Å². The van der Waals surface area contributed by atoms with Gasteiger partial charge in [0.15, 0.2) is 23.1 Å². The first-order valence-corrected chi connectivity index (χ1v) is 13.0. The monoisotopic (exact) mass is 584 g/mol.